The van der Waals surface area contributed by atoms with E-state index in [0.717, 1.165) is 19.4 Å². The summed E-state index contributed by atoms with van der Waals surface area (Å²) in [7, 11) is 0. The SMILES string of the molecule is O=C(NC(CO)C1CCCOC1)c1ccc2noc(-c3ccc(F)cc3)c2c1. The van der Waals surface area contributed by atoms with Gasteiger partial charge in [-0.3, -0.25) is 4.79 Å². The van der Waals surface area contributed by atoms with E-state index in [-0.39, 0.29) is 30.3 Å². The summed E-state index contributed by atoms with van der Waals surface area (Å²) in [5.41, 5.74) is 1.72. The number of nitrogens with zero attached hydrogens (tertiary/aromatic N) is 1. The zero-order valence-corrected chi connectivity index (χ0v) is 15.2. The molecule has 1 fully saturated rings. The third-order valence-corrected chi connectivity index (χ3v) is 5.12. The van der Waals surface area contributed by atoms with Crippen molar-refractivity contribution in [1.82, 2.24) is 10.5 Å². The number of carbonyl (C=O) groups excluding carboxylic acids is 1. The van der Waals surface area contributed by atoms with E-state index >= 15 is 0 Å². The molecule has 1 aliphatic rings. The van der Waals surface area contributed by atoms with Gasteiger partial charge in [0.15, 0.2) is 5.76 Å². The highest BCUT2D eigenvalue weighted by molar-refractivity contribution is 6.01. The Bertz CT molecular complexity index is 964. The molecule has 4 rings (SSSR count). The minimum absolute atomic E-state index is 0.0943. The number of fused-ring (bicyclic) bond motifs is 1. The lowest BCUT2D eigenvalue weighted by molar-refractivity contribution is 0.0278. The van der Waals surface area contributed by atoms with Crippen LogP contribution in [0.15, 0.2) is 47.0 Å². The molecule has 28 heavy (non-hydrogen) atoms. The summed E-state index contributed by atoms with van der Waals surface area (Å²) in [6.07, 6.45) is 1.83. The molecule has 0 spiro atoms. The van der Waals surface area contributed by atoms with Crippen LogP contribution >= 0.6 is 0 Å². The lowest BCUT2D eigenvalue weighted by atomic mass is 9.94. The van der Waals surface area contributed by atoms with Crippen LogP contribution in [0, 0.1) is 11.7 Å². The fourth-order valence-corrected chi connectivity index (χ4v) is 3.54. The first-order valence-electron chi connectivity index (χ1n) is 9.30. The number of aliphatic hydroxyl groups excluding tert-OH is 1. The van der Waals surface area contributed by atoms with Gasteiger partial charge in [0.05, 0.1) is 24.6 Å². The standard InChI is InChI=1S/C21H21FN2O4/c22-16-6-3-13(4-7-16)20-17-10-14(5-8-18(17)24-28-20)21(26)23-19(11-25)15-2-1-9-27-12-15/h3-8,10,15,19,25H,1-2,9,11-12H2,(H,23,26). The van der Waals surface area contributed by atoms with E-state index in [0.29, 0.717) is 34.4 Å². The first-order valence-corrected chi connectivity index (χ1v) is 9.30. The van der Waals surface area contributed by atoms with Gasteiger partial charge in [-0.1, -0.05) is 5.16 Å². The van der Waals surface area contributed by atoms with Gasteiger partial charge >= 0.3 is 0 Å². The maximum Gasteiger partial charge on any atom is 0.251 e. The molecule has 2 heterocycles. The Kier molecular flexibility index (Phi) is 5.36. The van der Waals surface area contributed by atoms with Gasteiger partial charge in [0.25, 0.3) is 5.91 Å². The number of aliphatic hydroxyl groups is 1. The van der Waals surface area contributed by atoms with Crippen molar-refractivity contribution in [2.24, 2.45) is 5.92 Å². The maximum atomic E-state index is 13.2. The minimum Gasteiger partial charge on any atom is -0.394 e. The van der Waals surface area contributed by atoms with Gasteiger partial charge < -0.3 is 19.7 Å². The number of hydrogen-bond acceptors (Lipinski definition) is 5. The van der Waals surface area contributed by atoms with Crippen molar-refractivity contribution < 1.29 is 23.6 Å². The summed E-state index contributed by atoms with van der Waals surface area (Å²) in [6.45, 7) is 1.11. The zero-order valence-electron chi connectivity index (χ0n) is 15.2. The quantitative estimate of drug-likeness (QED) is 0.706. The number of rotatable bonds is 5. The molecule has 1 aromatic heterocycles. The second-order valence-corrected chi connectivity index (χ2v) is 6.99. The van der Waals surface area contributed by atoms with Gasteiger partial charge in [-0.25, -0.2) is 4.39 Å². The predicted molar refractivity (Wildman–Crippen MR) is 101 cm³/mol. The molecule has 1 aliphatic heterocycles. The van der Waals surface area contributed by atoms with E-state index in [9.17, 15) is 14.3 Å². The molecule has 0 bridgehead atoms. The largest absolute Gasteiger partial charge is 0.394 e. The van der Waals surface area contributed by atoms with Gasteiger partial charge in [0.1, 0.15) is 11.3 Å². The highest BCUT2D eigenvalue weighted by atomic mass is 19.1. The fourth-order valence-electron chi connectivity index (χ4n) is 3.54. The summed E-state index contributed by atoms with van der Waals surface area (Å²) in [4.78, 5) is 12.8. The minimum atomic E-state index is -0.359. The molecule has 7 heteroatoms. The Hall–Kier alpha value is -2.77. The van der Waals surface area contributed by atoms with Crippen LogP contribution in [-0.2, 0) is 4.74 Å². The highest BCUT2D eigenvalue weighted by Crippen LogP contribution is 2.29. The van der Waals surface area contributed by atoms with Crippen LogP contribution in [0.1, 0.15) is 23.2 Å². The van der Waals surface area contributed by atoms with Gasteiger partial charge in [0.2, 0.25) is 0 Å². The average Bonchev–Trinajstić information content (AvgIpc) is 3.16. The van der Waals surface area contributed by atoms with Crippen molar-refractivity contribution in [3.63, 3.8) is 0 Å². The molecule has 1 saturated heterocycles. The lowest BCUT2D eigenvalue weighted by Crippen LogP contribution is -2.45. The second-order valence-electron chi connectivity index (χ2n) is 6.99. The maximum absolute atomic E-state index is 13.2. The molecule has 2 N–H and O–H groups in total. The number of carbonyl (C=O) groups is 1. The Morgan fingerprint density at radius 2 is 2.11 bits per heavy atom. The van der Waals surface area contributed by atoms with Gasteiger partial charge in [-0.05, 0) is 55.3 Å². The zero-order chi connectivity index (χ0) is 19.5. The van der Waals surface area contributed by atoms with Crippen molar-refractivity contribution in [3.05, 3.63) is 53.8 Å². The molecule has 0 radical (unpaired) electrons. The third kappa shape index (κ3) is 3.76. The monoisotopic (exact) mass is 384 g/mol. The molecule has 6 nitrogen and oxygen atoms in total. The molecule has 2 aromatic carbocycles. The van der Waals surface area contributed by atoms with E-state index in [1.54, 1.807) is 30.3 Å². The second kappa shape index (κ2) is 8.08. The van der Waals surface area contributed by atoms with Crippen LogP contribution in [0.4, 0.5) is 4.39 Å². The number of hydrogen-bond donors (Lipinski definition) is 2. The van der Waals surface area contributed by atoms with E-state index in [2.05, 4.69) is 10.5 Å². The van der Waals surface area contributed by atoms with E-state index in [1.165, 1.54) is 12.1 Å². The first kappa shape index (κ1) is 18.6. The third-order valence-electron chi connectivity index (χ3n) is 5.12. The van der Waals surface area contributed by atoms with Crippen LogP contribution in [0.3, 0.4) is 0 Å². The highest BCUT2D eigenvalue weighted by Gasteiger charge is 2.26. The van der Waals surface area contributed by atoms with Crippen LogP contribution in [0.25, 0.3) is 22.2 Å². The predicted octanol–water partition coefficient (Wildman–Crippen LogP) is 3.15. The number of halogens is 1. The summed E-state index contributed by atoms with van der Waals surface area (Å²) in [5, 5.41) is 17.3. The van der Waals surface area contributed by atoms with E-state index in [1.807, 2.05) is 0 Å². The van der Waals surface area contributed by atoms with Gasteiger partial charge in [-0.2, -0.15) is 0 Å². The Morgan fingerprint density at radius 3 is 2.82 bits per heavy atom. The molecule has 0 saturated carbocycles. The normalized spacial score (nSPS) is 18.1. The number of benzene rings is 2. The van der Waals surface area contributed by atoms with E-state index in [4.69, 9.17) is 9.26 Å². The average molecular weight is 384 g/mol. The lowest BCUT2D eigenvalue weighted by Gasteiger charge is -2.29. The molecule has 0 aliphatic carbocycles. The van der Waals surface area contributed by atoms with Crippen LogP contribution in [0.2, 0.25) is 0 Å². The smallest absolute Gasteiger partial charge is 0.251 e. The molecule has 2 unspecified atom stereocenters. The molecule has 3 aromatic rings. The van der Waals surface area contributed by atoms with E-state index < -0.39 is 0 Å². The van der Waals surface area contributed by atoms with Crippen LogP contribution < -0.4 is 5.32 Å². The Morgan fingerprint density at radius 1 is 1.29 bits per heavy atom. The molecular weight excluding hydrogens is 363 g/mol. The van der Waals surface area contributed by atoms with Crippen molar-refractivity contribution in [2.75, 3.05) is 19.8 Å². The van der Waals surface area contributed by atoms with Crippen molar-refractivity contribution in [1.29, 1.82) is 0 Å². The van der Waals surface area contributed by atoms with Crippen molar-refractivity contribution >= 4 is 16.8 Å². The summed E-state index contributed by atoms with van der Waals surface area (Å²) < 4.78 is 24.1. The molecular formula is C21H21FN2O4. The van der Waals surface area contributed by atoms with Gasteiger partial charge in [0, 0.05) is 23.7 Å². The Labute approximate surface area is 161 Å². The van der Waals surface area contributed by atoms with Crippen LogP contribution in [0.5, 0.6) is 0 Å². The molecule has 146 valence electrons. The number of nitrogens with one attached hydrogen (secondary N) is 1. The summed E-state index contributed by atoms with van der Waals surface area (Å²) in [6, 6.07) is 10.6. The van der Waals surface area contributed by atoms with Crippen molar-refractivity contribution in [2.45, 2.75) is 18.9 Å². The summed E-state index contributed by atoms with van der Waals surface area (Å²) in [5.74, 6) is -0.0482. The number of amides is 1. The first-order chi connectivity index (χ1) is 13.7. The topological polar surface area (TPSA) is 84.6 Å². The number of aromatic nitrogens is 1. The molecule has 2 atom stereocenters. The number of ether oxygens (including phenoxy) is 1. The summed E-state index contributed by atoms with van der Waals surface area (Å²) >= 11 is 0. The fraction of sp³-hybridized carbons (Fsp3) is 0.333. The molecule has 1 amide bonds. The van der Waals surface area contributed by atoms with Gasteiger partial charge in [-0.15, -0.1) is 0 Å². The van der Waals surface area contributed by atoms with Crippen LogP contribution in [-0.4, -0.2) is 42.0 Å². The van der Waals surface area contributed by atoms with Crippen molar-refractivity contribution in [3.8, 4) is 11.3 Å². The Balaban J connectivity index is 1.58.